The molecule has 15 heavy (non-hydrogen) atoms. The second kappa shape index (κ2) is 3.51. The molecule has 2 heterocycles. The molecule has 6 heteroatoms. The van der Waals surface area contributed by atoms with Crippen LogP contribution >= 0.6 is 11.6 Å². The molecule has 78 valence electrons. The van der Waals surface area contributed by atoms with Gasteiger partial charge in [0, 0.05) is 12.4 Å². The van der Waals surface area contributed by atoms with E-state index < -0.39 is 0 Å². The van der Waals surface area contributed by atoms with Crippen molar-refractivity contribution in [3.63, 3.8) is 0 Å². The number of nitrogens with two attached hydrogens (primary N) is 1. The molecule has 0 aliphatic rings. The number of hydrogen-bond acceptors (Lipinski definition) is 4. The van der Waals surface area contributed by atoms with E-state index in [9.17, 15) is 0 Å². The molecule has 0 amide bonds. The van der Waals surface area contributed by atoms with Crippen molar-refractivity contribution >= 4 is 17.4 Å². The molecular formula is C9H10ClN5. The molecule has 0 aliphatic heterocycles. The number of aryl methyl sites for hydroxylation is 1. The molecule has 2 N–H and O–H groups in total. The van der Waals surface area contributed by atoms with Crippen molar-refractivity contribution in [3.05, 3.63) is 28.8 Å². The number of nitrogen functional groups attached to an aromatic ring is 1. The second-order valence-corrected chi connectivity index (χ2v) is 3.54. The van der Waals surface area contributed by atoms with Gasteiger partial charge in [-0.2, -0.15) is 5.10 Å². The van der Waals surface area contributed by atoms with Gasteiger partial charge in [0.15, 0.2) is 11.6 Å². The number of rotatable bonds is 1. The Bertz CT molecular complexity index is 505. The maximum absolute atomic E-state index is 6.03. The van der Waals surface area contributed by atoms with Gasteiger partial charge in [-0.25, -0.2) is 14.6 Å². The average Bonchev–Trinajstić information content (AvgIpc) is 2.47. The maximum Gasteiger partial charge on any atom is 0.196 e. The van der Waals surface area contributed by atoms with E-state index in [0.29, 0.717) is 16.7 Å². The van der Waals surface area contributed by atoms with Gasteiger partial charge in [-0.15, -0.1) is 0 Å². The van der Waals surface area contributed by atoms with Crippen molar-refractivity contribution in [1.82, 2.24) is 19.7 Å². The van der Waals surface area contributed by atoms with Gasteiger partial charge >= 0.3 is 0 Å². The predicted molar refractivity (Wildman–Crippen MR) is 58.1 cm³/mol. The molecule has 0 radical (unpaired) electrons. The Hall–Kier alpha value is -1.62. The molecular weight excluding hydrogens is 214 g/mol. The Kier molecular flexibility index (Phi) is 2.32. The summed E-state index contributed by atoms with van der Waals surface area (Å²) in [6.45, 7) is 3.69. The fourth-order valence-corrected chi connectivity index (χ4v) is 1.45. The first kappa shape index (κ1) is 9.92. The second-order valence-electron chi connectivity index (χ2n) is 3.16. The predicted octanol–water partition coefficient (Wildman–Crippen LogP) is 1.51. The number of halogens is 1. The average molecular weight is 224 g/mol. The topological polar surface area (TPSA) is 69.6 Å². The maximum atomic E-state index is 6.03. The first-order valence-corrected chi connectivity index (χ1v) is 4.77. The Morgan fingerprint density at radius 1 is 1.27 bits per heavy atom. The Morgan fingerprint density at radius 2 is 1.93 bits per heavy atom. The highest BCUT2D eigenvalue weighted by Crippen LogP contribution is 2.22. The smallest absolute Gasteiger partial charge is 0.196 e. The SMILES string of the molecule is Cc1nn(-c2nccnc2N)c(C)c1Cl. The van der Waals surface area contributed by atoms with Crippen LogP contribution in [0.2, 0.25) is 5.02 Å². The lowest BCUT2D eigenvalue weighted by atomic mass is 10.4. The van der Waals surface area contributed by atoms with Gasteiger partial charge in [0.2, 0.25) is 0 Å². The largest absolute Gasteiger partial charge is 0.381 e. The minimum absolute atomic E-state index is 0.333. The van der Waals surface area contributed by atoms with E-state index in [1.165, 1.54) is 6.20 Å². The Balaban J connectivity index is 2.65. The minimum atomic E-state index is 0.333. The molecule has 0 saturated carbocycles. The summed E-state index contributed by atoms with van der Waals surface area (Å²) in [6, 6.07) is 0. The highest BCUT2D eigenvalue weighted by atomic mass is 35.5. The highest BCUT2D eigenvalue weighted by Gasteiger charge is 2.13. The van der Waals surface area contributed by atoms with Crippen molar-refractivity contribution in [1.29, 1.82) is 0 Å². The van der Waals surface area contributed by atoms with Crippen molar-refractivity contribution in [2.24, 2.45) is 0 Å². The third-order valence-electron chi connectivity index (χ3n) is 2.11. The van der Waals surface area contributed by atoms with Gasteiger partial charge in [-0.1, -0.05) is 11.6 Å². The normalized spacial score (nSPS) is 10.6. The number of anilines is 1. The van der Waals surface area contributed by atoms with Crippen LogP contribution in [0.4, 0.5) is 5.82 Å². The van der Waals surface area contributed by atoms with E-state index in [-0.39, 0.29) is 0 Å². The number of aromatic nitrogens is 4. The van der Waals surface area contributed by atoms with Crippen LogP contribution in [0, 0.1) is 13.8 Å². The van der Waals surface area contributed by atoms with E-state index in [0.717, 1.165) is 11.4 Å². The van der Waals surface area contributed by atoms with Gasteiger partial charge in [0.25, 0.3) is 0 Å². The summed E-state index contributed by atoms with van der Waals surface area (Å²) in [5.41, 5.74) is 7.26. The third-order valence-corrected chi connectivity index (χ3v) is 2.66. The van der Waals surface area contributed by atoms with E-state index in [4.69, 9.17) is 17.3 Å². The van der Waals surface area contributed by atoms with Crippen LogP contribution in [0.25, 0.3) is 5.82 Å². The molecule has 2 aromatic heterocycles. The lowest BCUT2D eigenvalue weighted by Gasteiger charge is -2.04. The third kappa shape index (κ3) is 1.55. The lowest BCUT2D eigenvalue weighted by Crippen LogP contribution is -2.07. The quantitative estimate of drug-likeness (QED) is 0.796. The van der Waals surface area contributed by atoms with E-state index >= 15 is 0 Å². The fourth-order valence-electron chi connectivity index (χ4n) is 1.33. The van der Waals surface area contributed by atoms with Gasteiger partial charge in [0.05, 0.1) is 16.4 Å². The molecule has 0 bridgehead atoms. The lowest BCUT2D eigenvalue weighted by molar-refractivity contribution is 0.803. The summed E-state index contributed by atoms with van der Waals surface area (Å²) in [5.74, 6) is 0.838. The van der Waals surface area contributed by atoms with E-state index in [2.05, 4.69) is 15.1 Å². The van der Waals surface area contributed by atoms with Crippen LogP contribution in [0.5, 0.6) is 0 Å². The molecule has 5 nitrogen and oxygen atoms in total. The molecule has 2 rings (SSSR count). The van der Waals surface area contributed by atoms with Crippen LogP contribution in [0.3, 0.4) is 0 Å². The molecule has 0 atom stereocenters. The molecule has 2 aromatic rings. The van der Waals surface area contributed by atoms with Crippen LogP contribution in [0.15, 0.2) is 12.4 Å². The van der Waals surface area contributed by atoms with Crippen molar-refractivity contribution in [3.8, 4) is 5.82 Å². The fraction of sp³-hybridized carbons (Fsp3) is 0.222. The highest BCUT2D eigenvalue weighted by molar-refractivity contribution is 6.31. The zero-order valence-electron chi connectivity index (χ0n) is 8.40. The number of hydrogen-bond donors (Lipinski definition) is 1. The summed E-state index contributed by atoms with van der Waals surface area (Å²) >= 11 is 6.03. The van der Waals surface area contributed by atoms with Crippen LogP contribution in [-0.2, 0) is 0 Å². The summed E-state index contributed by atoms with van der Waals surface area (Å²) in [4.78, 5) is 8.07. The van der Waals surface area contributed by atoms with Crippen molar-refractivity contribution in [2.75, 3.05) is 5.73 Å². The Morgan fingerprint density at radius 3 is 2.47 bits per heavy atom. The molecule has 0 spiro atoms. The zero-order chi connectivity index (χ0) is 11.0. The molecule has 0 aromatic carbocycles. The van der Waals surface area contributed by atoms with Crippen LogP contribution in [0.1, 0.15) is 11.4 Å². The first-order chi connectivity index (χ1) is 7.11. The summed E-state index contributed by atoms with van der Waals surface area (Å²) < 4.78 is 1.60. The summed E-state index contributed by atoms with van der Waals surface area (Å²) in [6.07, 6.45) is 3.10. The van der Waals surface area contributed by atoms with Crippen LogP contribution < -0.4 is 5.73 Å². The molecule has 0 fully saturated rings. The molecule has 0 aliphatic carbocycles. The van der Waals surface area contributed by atoms with Gasteiger partial charge in [0.1, 0.15) is 0 Å². The van der Waals surface area contributed by atoms with Gasteiger partial charge in [-0.3, -0.25) is 0 Å². The Labute approximate surface area is 91.9 Å². The van der Waals surface area contributed by atoms with E-state index in [1.54, 1.807) is 10.9 Å². The van der Waals surface area contributed by atoms with Crippen LogP contribution in [-0.4, -0.2) is 19.7 Å². The summed E-state index contributed by atoms with van der Waals surface area (Å²) in [7, 11) is 0. The summed E-state index contributed by atoms with van der Waals surface area (Å²) in [5, 5.41) is 4.87. The monoisotopic (exact) mass is 223 g/mol. The zero-order valence-corrected chi connectivity index (χ0v) is 9.15. The molecule has 0 unspecified atom stereocenters. The van der Waals surface area contributed by atoms with Gasteiger partial charge < -0.3 is 5.73 Å². The van der Waals surface area contributed by atoms with Gasteiger partial charge in [-0.05, 0) is 13.8 Å². The first-order valence-electron chi connectivity index (χ1n) is 4.40. The van der Waals surface area contributed by atoms with Crippen molar-refractivity contribution < 1.29 is 0 Å². The van der Waals surface area contributed by atoms with Crippen molar-refractivity contribution in [2.45, 2.75) is 13.8 Å². The van der Waals surface area contributed by atoms with E-state index in [1.807, 2.05) is 13.8 Å². The number of nitrogens with zero attached hydrogens (tertiary/aromatic N) is 4. The standard InChI is InChI=1S/C9H10ClN5/c1-5-7(10)6(2)15(14-5)9-8(11)12-3-4-13-9/h3-4H,1-2H3,(H2,11,12). The minimum Gasteiger partial charge on any atom is -0.381 e. The molecule has 0 saturated heterocycles.